The zero-order valence-electron chi connectivity index (χ0n) is 7.38. The van der Waals surface area contributed by atoms with E-state index >= 15 is 0 Å². The number of carbonyl (C=O) groups excluding carboxylic acids is 2. The topological polar surface area (TPSA) is 43.4 Å². The van der Waals surface area contributed by atoms with E-state index in [1.807, 2.05) is 13.0 Å². The number of carbonyl (C=O) groups is 2. The number of esters is 2. The monoisotopic (exact) mass is 176 g/mol. The third-order valence-electron chi connectivity index (χ3n) is 2.09. The van der Waals surface area contributed by atoms with E-state index in [9.17, 15) is 9.59 Å². The van der Waals surface area contributed by atoms with Crippen molar-refractivity contribution in [2.24, 2.45) is 0 Å². The maximum atomic E-state index is 11.2. The van der Waals surface area contributed by atoms with Gasteiger partial charge in [0.1, 0.15) is 0 Å². The number of hydrogen-bond donors (Lipinski definition) is 0. The van der Waals surface area contributed by atoms with Gasteiger partial charge in [0, 0.05) is 0 Å². The van der Waals surface area contributed by atoms with Gasteiger partial charge in [-0.15, -0.1) is 0 Å². The summed E-state index contributed by atoms with van der Waals surface area (Å²) in [5, 5.41) is 0. The quantitative estimate of drug-likeness (QED) is 0.445. The molecule has 2 rings (SSSR count). The summed E-state index contributed by atoms with van der Waals surface area (Å²) in [6.45, 7) is 3.68. The smallest absolute Gasteiger partial charge is 0.347 e. The van der Waals surface area contributed by atoms with Crippen molar-refractivity contribution in [1.29, 1.82) is 0 Å². The van der Waals surface area contributed by atoms with Crippen molar-refractivity contribution in [3.63, 3.8) is 0 Å². The molecule has 0 spiro atoms. The molecule has 0 unspecified atom stereocenters. The van der Waals surface area contributed by atoms with Gasteiger partial charge < -0.3 is 4.74 Å². The number of cyclic esters (lactones) is 2. The van der Waals surface area contributed by atoms with Crippen LogP contribution in [0.4, 0.5) is 0 Å². The third-order valence-corrected chi connectivity index (χ3v) is 2.09. The molecular formula is C10H8O3. The Labute approximate surface area is 75.3 Å². The van der Waals surface area contributed by atoms with Crippen LogP contribution in [0, 0.1) is 13.8 Å². The Balaban J connectivity index is 2.77. The minimum Gasteiger partial charge on any atom is -0.386 e. The maximum absolute atomic E-state index is 11.2. The van der Waals surface area contributed by atoms with Gasteiger partial charge in [0.15, 0.2) is 0 Å². The number of aryl methyl sites for hydroxylation is 2. The van der Waals surface area contributed by atoms with E-state index in [1.165, 1.54) is 0 Å². The second-order valence-corrected chi connectivity index (χ2v) is 3.18. The number of ether oxygens (including phenoxy) is 1. The Morgan fingerprint density at radius 1 is 1.08 bits per heavy atom. The number of fused-ring (bicyclic) bond motifs is 1. The van der Waals surface area contributed by atoms with Crippen molar-refractivity contribution in [3.8, 4) is 0 Å². The third kappa shape index (κ3) is 1.04. The highest BCUT2D eigenvalue weighted by Crippen LogP contribution is 2.24. The van der Waals surface area contributed by atoms with E-state index in [1.54, 1.807) is 13.0 Å². The summed E-state index contributed by atoms with van der Waals surface area (Å²) < 4.78 is 4.49. The van der Waals surface area contributed by atoms with E-state index in [4.69, 9.17) is 0 Å². The Bertz CT molecular complexity index is 418. The molecule has 13 heavy (non-hydrogen) atoms. The molecule has 0 saturated heterocycles. The van der Waals surface area contributed by atoms with Gasteiger partial charge in [-0.05, 0) is 31.0 Å². The Morgan fingerprint density at radius 3 is 2.46 bits per heavy atom. The Morgan fingerprint density at radius 2 is 1.77 bits per heavy atom. The summed E-state index contributed by atoms with van der Waals surface area (Å²) in [6.07, 6.45) is 0. The van der Waals surface area contributed by atoms with Gasteiger partial charge in [-0.25, -0.2) is 9.59 Å². The highest BCUT2D eigenvalue weighted by atomic mass is 16.6. The molecule has 0 aromatic heterocycles. The highest BCUT2D eigenvalue weighted by molar-refractivity contribution is 6.15. The van der Waals surface area contributed by atoms with Crippen LogP contribution in [-0.4, -0.2) is 11.9 Å². The first-order chi connectivity index (χ1) is 6.09. The fraction of sp³-hybridized carbons (Fsp3) is 0.200. The second kappa shape index (κ2) is 2.42. The lowest BCUT2D eigenvalue weighted by molar-refractivity contribution is 0.0443. The molecule has 0 atom stereocenters. The average Bonchev–Trinajstić information content (AvgIpc) is 2.27. The molecule has 0 amide bonds. The number of rotatable bonds is 0. The maximum Gasteiger partial charge on any atom is 0.347 e. The first kappa shape index (κ1) is 7.98. The van der Waals surface area contributed by atoms with Gasteiger partial charge >= 0.3 is 11.9 Å². The van der Waals surface area contributed by atoms with Crippen molar-refractivity contribution >= 4 is 11.9 Å². The fourth-order valence-corrected chi connectivity index (χ4v) is 1.59. The van der Waals surface area contributed by atoms with E-state index in [2.05, 4.69) is 4.74 Å². The summed E-state index contributed by atoms with van der Waals surface area (Å²) in [5.41, 5.74) is 2.56. The molecule has 0 radical (unpaired) electrons. The molecule has 1 heterocycles. The normalized spacial score (nSPS) is 14.3. The van der Waals surface area contributed by atoms with Crippen molar-refractivity contribution in [2.45, 2.75) is 13.8 Å². The number of benzene rings is 1. The fourth-order valence-electron chi connectivity index (χ4n) is 1.59. The molecule has 66 valence electrons. The van der Waals surface area contributed by atoms with E-state index in [0.29, 0.717) is 11.1 Å². The van der Waals surface area contributed by atoms with Gasteiger partial charge in [-0.1, -0.05) is 6.07 Å². The summed E-state index contributed by atoms with van der Waals surface area (Å²) in [7, 11) is 0. The SMILES string of the molecule is Cc1cc(C)c2c(c1)C(=O)OC2=O. The van der Waals surface area contributed by atoms with Crippen LogP contribution in [0.15, 0.2) is 12.1 Å². The molecule has 0 N–H and O–H groups in total. The van der Waals surface area contributed by atoms with E-state index < -0.39 is 11.9 Å². The zero-order valence-corrected chi connectivity index (χ0v) is 7.38. The molecule has 1 aliphatic rings. The van der Waals surface area contributed by atoms with Gasteiger partial charge in [-0.3, -0.25) is 0 Å². The molecular weight excluding hydrogens is 168 g/mol. The second-order valence-electron chi connectivity index (χ2n) is 3.18. The lowest BCUT2D eigenvalue weighted by Gasteiger charge is -1.99. The van der Waals surface area contributed by atoms with E-state index in [-0.39, 0.29) is 0 Å². The minimum absolute atomic E-state index is 0.391. The molecule has 0 aliphatic carbocycles. The standard InChI is InChI=1S/C10H8O3/c1-5-3-6(2)8-7(4-5)9(11)13-10(8)12/h3-4H,1-2H3. The molecule has 3 heteroatoms. The van der Waals surface area contributed by atoms with Crippen LogP contribution in [0.5, 0.6) is 0 Å². The van der Waals surface area contributed by atoms with Crippen LogP contribution >= 0.6 is 0 Å². The zero-order chi connectivity index (χ0) is 9.59. The van der Waals surface area contributed by atoms with Gasteiger partial charge in [-0.2, -0.15) is 0 Å². The molecule has 1 aromatic carbocycles. The Kier molecular flexibility index (Phi) is 1.49. The van der Waals surface area contributed by atoms with Crippen LogP contribution in [0.3, 0.4) is 0 Å². The molecule has 0 fully saturated rings. The van der Waals surface area contributed by atoms with Crippen molar-refractivity contribution in [1.82, 2.24) is 0 Å². The van der Waals surface area contributed by atoms with Gasteiger partial charge in [0.25, 0.3) is 0 Å². The van der Waals surface area contributed by atoms with Crippen LogP contribution in [0.25, 0.3) is 0 Å². The van der Waals surface area contributed by atoms with Crippen LogP contribution < -0.4 is 0 Å². The molecule has 1 aliphatic heterocycles. The number of hydrogen-bond acceptors (Lipinski definition) is 3. The Hall–Kier alpha value is -1.64. The lowest BCUT2D eigenvalue weighted by atomic mass is 10.0. The van der Waals surface area contributed by atoms with Crippen LogP contribution in [-0.2, 0) is 4.74 Å². The van der Waals surface area contributed by atoms with Crippen LogP contribution in [0.1, 0.15) is 31.8 Å². The predicted molar refractivity (Wildman–Crippen MR) is 45.7 cm³/mol. The van der Waals surface area contributed by atoms with Crippen molar-refractivity contribution < 1.29 is 14.3 Å². The molecule has 0 saturated carbocycles. The lowest BCUT2D eigenvalue weighted by Crippen LogP contribution is -1.97. The summed E-state index contributed by atoms with van der Waals surface area (Å²) in [4.78, 5) is 22.3. The molecule has 1 aromatic rings. The van der Waals surface area contributed by atoms with Gasteiger partial charge in [0.2, 0.25) is 0 Å². The summed E-state index contributed by atoms with van der Waals surface area (Å²) in [6, 6.07) is 3.54. The van der Waals surface area contributed by atoms with Crippen LogP contribution in [0.2, 0.25) is 0 Å². The first-order valence-corrected chi connectivity index (χ1v) is 3.97. The van der Waals surface area contributed by atoms with Crippen molar-refractivity contribution in [3.05, 3.63) is 34.4 Å². The molecule has 3 nitrogen and oxygen atoms in total. The summed E-state index contributed by atoms with van der Waals surface area (Å²) in [5.74, 6) is -1.07. The van der Waals surface area contributed by atoms with Crippen molar-refractivity contribution in [2.75, 3.05) is 0 Å². The minimum atomic E-state index is -0.535. The average molecular weight is 176 g/mol. The first-order valence-electron chi connectivity index (χ1n) is 3.97. The predicted octanol–water partition coefficient (Wildman–Crippen LogP) is 1.61. The van der Waals surface area contributed by atoms with E-state index in [0.717, 1.165) is 11.1 Å². The molecule has 0 bridgehead atoms. The highest BCUT2D eigenvalue weighted by Gasteiger charge is 2.31. The van der Waals surface area contributed by atoms with Gasteiger partial charge in [0.05, 0.1) is 11.1 Å². The summed E-state index contributed by atoms with van der Waals surface area (Å²) >= 11 is 0. The largest absolute Gasteiger partial charge is 0.386 e.